The third kappa shape index (κ3) is 2.47. The van der Waals surface area contributed by atoms with Gasteiger partial charge in [0, 0.05) is 0 Å². The van der Waals surface area contributed by atoms with Gasteiger partial charge in [0.05, 0.1) is 6.10 Å². The van der Waals surface area contributed by atoms with Gasteiger partial charge in [0.15, 0.2) is 0 Å². The van der Waals surface area contributed by atoms with E-state index in [9.17, 15) is 5.11 Å². The Hall–Kier alpha value is -0.820. The zero-order chi connectivity index (χ0) is 13.3. The van der Waals surface area contributed by atoms with E-state index in [1.165, 1.54) is 28.7 Å². The van der Waals surface area contributed by atoms with E-state index in [2.05, 4.69) is 39.8 Å². The van der Waals surface area contributed by atoms with Gasteiger partial charge in [-0.1, -0.05) is 39.8 Å². The normalized spacial score (nSPS) is 22.4. The van der Waals surface area contributed by atoms with E-state index in [0.29, 0.717) is 0 Å². The van der Waals surface area contributed by atoms with Crippen LogP contribution in [0.25, 0.3) is 0 Å². The quantitative estimate of drug-likeness (QED) is 0.775. The van der Waals surface area contributed by atoms with Gasteiger partial charge in [-0.2, -0.15) is 0 Å². The molecule has 1 aromatic rings. The molecule has 1 atom stereocenters. The minimum atomic E-state index is -0.279. The monoisotopic (exact) mass is 246 g/mol. The summed E-state index contributed by atoms with van der Waals surface area (Å²) >= 11 is 0. The summed E-state index contributed by atoms with van der Waals surface area (Å²) in [6.07, 6.45) is 5.00. The van der Waals surface area contributed by atoms with Gasteiger partial charge in [0.1, 0.15) is 0 Å². The Labute approximate surface area is 111 Å². The van der Waals surface area contributed by atoms with Gasteiger partial charge in [0.2, 0.25) is 0 Å². The number of fused-ring (bicyclic) bond motifs is 1. The molecule has 18 heavy (non-hydrogen) atoms. The fourth-order valence-corrected chi connectivity index (χ4v) is 3.30. The molecule has 100 valence electrons. The smallest absolute Gasteiger partial charge is 0.0800 e. The van der Waals surface area contributed by atoms with Crippen LogP contribution in [0, 0.1) is 5.41 Å². The lowest BCUT2D eigenvalue weighted by molar-refractivity contribution is 0.116. The number of aliphatic hydroxyl groups excluding tert-OH is 1. The zero-order valence-electron chi connectivity index (χ0n) is 12.2. The molecule has 1 unspecified atom stereocenters. The maximum absolute atomic E-state index is 10.6. The molecule has 0 aliphatic heterocycles. The van der Waals surface area contributed by atoms with Gasteiger partial charge in [-0.05, 0) is 59.8 Å². The lowest BCUT2D eigenvalue weighted by Crippen LogP contribution is -2.14. The predicted octanol–water partition coefficient (Wildman–Crippen LogP) is 4.21. The van der Waals surface area contributed by atoms with Crippen LogP contribution >= 0.6 is 0 Å². The Morgan fingerprint density at radius 2 is 1.78 bits per heavy atom. The molecule has 0 saturated carbocycles. The number of aryl methyl sites for hydroxylation is 2. The fourth-order valence-electron chi connectivity index (χ4n) is 3.30. The van der Waals surface area contributed by atoms with Crippen LogP contribution in [0.2, 0.25) is 0 Å². The van der Waals surface area contributed by atoms with E-state index in [1.54, 1.807) is 0 Å². The SMILES string of the molecule is CCc1ccc(CC)c2c1CCC(C)(C)CC2O. The van der Waals surface area contributed by atoms with Gasteiger partial charge in [-0.3, -0.25) is 0 Å². The molecule has 0 heterocycles. The van der Waals surface area contributed by atoms with E-state index in [1.807, 2.05) is 0 Å². The minimum absolute atomic E-state index is 0.245. The molecule has 0 fully saturated rings. The lowest BCUT2D eigenvalue weighted by atomic mass is 9.83. The Morgan fingerprint density at radius 1 is 1.17 bits per heavy atom. The minimum Gasteiger partial charge on any atom is -0.388 e. The molecule has 1 aromatic carbocycles. The molecular weight excluding hydrogens is 220 g/mol. The summed E-state index contributed by atoms with van der Waals surface area (Å²) in [6, 6.07) is 4.49. The molecule has 0 amide bonds. The molecule has 1 heteroatoms. The van der Waals surface area contributed by atoms with Crippen LogP contribution in [0.15, 0.2) is 12.1 Å². The van der Waals surface area contributed by atoms with E-state index in [4.69, 9.17) is 0 Å². The fraction of sp³-hybridized carbons (Fsp3) is 0.647. The largest absolute Gasteiger partial charge is 0.388 e. The highest BCUT2D eigenvalue weighted by molar-refractivity contribution is 5.43. The molecule has 1 aliphatic carbocycles. The standard InChI is InChI=1S/C17H26O/c1-5-12-7-8-13(6-2)16-14(12)9-10-17(3,4)11-15(16)18/h7-8,15,18H,5-6,9-11H2,1-4H3. The second-order valence-corrected chi connectivity index (χ2v) is 6.37. The number of rotatable bonds is 2. The Kier molecular flexibility index (Phi) is 3.82. The second kappa shape index (κ2) is 5.05. The lowest BCUT2D eigenvalue weighted by Gasteiger charge is -2.24. The highest BCUT2D eigenvalue weighted by atomic mass is 16.3. The van der Waals surface area contributed by atoms with Gasteiger partial charge in [0.25, 0.3) is 0 Å². The summed E-state index contributed by atoms with van der Waals surface area (Å²) in [7, 11) is 0. The van der Waals surface area contributed by atoms with E-state index in [0.717, 1.165) is 25.7 Å². The molecule has 1 N–H and O–H groups in total. The molecule has 0 spiro atoms. The van der Waals surface area contributed by atoms with Crippen molar-refractivity contribution in [3.05, 3.63) is 34.4 Å². The van der Waals surface area contributed by atoms with Crippen molar-refractivity contribution < 1.29 is 5.11 Å². The first-order valence-corrected chi connectivity index (χ1v) is 7.30. The summed E-state index contributed by atoms with van der Waals surface area (Å²) in [5.41, 5.74) is 5.71. The summed E-state index contributed by atoms with van der Waals surface area (Å²) in [5, 5.41) is 10.6. The highest BCUT2D eigenvalue weighted by Crippen LogP contribution is 2.41. The molecule has 0 bridgehead atoms. The number of aliphatic hydroxyl groups is 1. The molecular formula is C17H26O. The third-order valence-corrected chi connectivity index (χ3v) is 4.44. The van der Waals surface area contributed by atoms with Gasteiger partial charge < -0.3 is 5.11 Å². The third-order valence-electron chi connectivity index (χ3n) is 4.44. The van der Waals surface area contributed by atoms with Crippen molar-refractivity contribution in [2.45, 2.75) is 65.9 Å². The highest BCUT2D eigenvalue weighted by Gasteiger charge is 2.30. The van der Waals surface area contributed by atoms with Crippen molar-refractivity contribution in [2.75, 3.05) is 0 Å². The number of benzene rings is 1. The summed E-state index contributed by atoms with van der Waals surface area (Å²) in [5.74, 6) is 0. The van der Waals surface area contributed by atoms with Crippen LogP contribution in [0.5, 0.6) is 0 Å². The maximum Gasteiger partial charge on any atom is 0.0800 e. The number of hydrogen-bond donors (Lipinski definition) is 1. The van der Waals surface area contributed by atoms with Crippen LogP contribution in [0.1, 0.15) is 68.9 Å². The van der Waals surface area contributed by atoms with Crippen molar-refractivity contribution >= 4 is 0 Å². The maximum atomic E-state index is 10.6. The van der Waals surface area contributed by atoms with Gasteiger partial charge in [-0.25, -0.2) is 0 Å². The Bertz CT molecular complexity index is 431. The summed E-state index contributed by atoms with van der Waals surface area (Å²) in [4.78, 5) is 0. The molecule has 1 nitrogen and oxygen atoms in total. The van der Waals surface area contributed by atoms with Crippen molar-refractivity contribution in [1.82, 2.24) is 0 Å². The van der Waals surface area contributed by atoms with Crippen molar-refractivity contribution in [3.63, 3.8) is 0 Å². The first kappa shape index (κ1) is 13.6. The topological polar surface area (TPSA) is 20.2 Å². The Balaban J connectivity index is 2.55. The van der Waals surface area contributed by atoms with E-state index < -0.39 is 0 Å². The number of hydrogen-bond acceptors (Lipinski definition) is 1. The van der Waals surface area contributed by atoms with Gasteiger partial charge >= 0.3 is 0 Å². The first-order chi connectivity index (χ1) is 8.48. The summed E-state index contributed by atoms with van der Waals surface area (Å²) < 4.78 is 0. The van der Waals surface area contributed by atoms with E-state index >= 15 is 0 Å². The molecule has 1 aliphatic rings. The second-order valence-electron chi connectivity index (χ2n) is 6.37. The van der Waals surface area contributed by atoms with E-state index in [-0.39, 0.29) is 11.5 Å². The zero-order valence-corrected chi connectivity index (χ0v) is 12.2. The van der Waals surface area contributed by atoms with Crippen molar-refractivity contribution in [2.24, 2.45) is 5.41 Å². The van der Waals surface area contributed by atoms with Crippen LogP contribution in [-0.2, 0) is 19.3 Å². The van der Waals surface area contributed by atoms with Gasteiger partial charge in [-0.15, -0.1) is 0 Å². The van der Waals surface area contributed by atoms with Crippen molar-refractivity contribution in [1.29, 1.82) is 0 Å². The first-order valence-electron chi connectivity index (χ1n) is 7.30. The Morgan fingerprint density at radius 3 is 2.39 bits per heavy atom. The van der Waals surface area contributed by atoms with Crippen molar-refractivity contribution in [3.8, 4) is 0 Å². The summed E-state index contributed by atoms with van der Waals surface area (Å²) in [6.45, 7) is 8.95. The van der Waals surface area contributed by atoms with Crippen LogP contribution in [-0.4, -0.2) is 5.11 Å². The van der Waals surface area contributed by atoms with Crippen LogP contribution in [0.3, 0.4) is 0 Å². The van der Waals surface area contributed by atoms with Crippen LogP contribution in [0.4, 0.5) is 0 Å². The average molecular weight is 246 g/mol. The van der Waals surface area contributed by atoms with Crippen LogP contribution < -0.4 is 0 Å². The molecule has 0 saturated heterocycles. The molecule has 2 rings (SSSR count). The molecule has 0 radical (unpaired) electrons. The average Bonchev–Trinajstić information content (AvgIpc) is 2.45. The molecule has 0 aromatic heterocycles. The predicted molar refractivity (Wildman–Crippen MR) is 76.9 cm³/mol.